The van der Waals surface area contributed by atoms with Crippen LogP contribution in [0.1, 0.15) is 29.2 Å². The lowest BCUT2D eigenvalue weighted by Gasteiger charge is -2.16. The van der Waals surface area contributed by atoms with Gasteiger partial charge in [-0.05, 0) is 106 Å². The molecule has 0 atom stereocenters. The van der Waals surface area contributed by atoms with E-state index in [0.717, 1.165) is 44.1 Å². The molecule has 4 aromatic carbocycles. The number of amides is 3. The molecule has 0 bridgehead atoms. The number of hydrogen-bond acceptors (Lipinski definition) is 6. The van der Waals surface area contributed by atoms with Crippen LogP contribution in [0, 0.1) is 13.8 Å². The molecular weight excluding hydrogens is 616 g/mol. The number of halogens is 1. The second-order valence-corrected chi connectivity index (χ2v) is 11.7. The van der Waals surface area contributed by atoms with Crippen LogP contribution in [0.3, 0.4) is 0 Å². The topological polar surface area (TPSA) is 84.9 Å². The molecule has 0 spiro atoms. The van der Waals surface area contributed by atoms with Gasteiger partial charge in [-0.1, -0.05) is 54.6 Å². The molecule has 0 unspecified atom stereocenters. The second kappa shape index (κ2) is 12.8. The number of thioether (sulfide) groups is 1. The molecule has 42 heavy (non-hydrogen) atoms. The lowest BCUT2D eigenvalue weighted by Crippen LogP contribution is -2.36. The molecule has 7 nitrogen and oxygen atoms in total. The molecule has 1 fully saturated rings. The molecule has 0 aromatic heterocycles. The van der Waals surface area contributed by atoms with E-state index in [1.54, 1.807) is 12.1 Å². The summed E-state index contributed by atoms with van der Waals surface area (Å²) in [6.07, 6.45) is 1.62. The van der Waals surface area contributed by atoms with Crippen LogP contribution in [-0.4, -0.2) is 35.1 Å². The fourth-order valence-electron chi connectivity index (χ4n) is 4.63. The van der Waals surface area contributed by atoms with Gasteiger partial charge in [0.15, 0.2) is 11.5 Å². The molecule has 0 radical (unpaired) electrons. The molecular formula is C33H29BrN2O5S. The number of ether oxygens (including phenoxy) is 2. The Labute approximate surface area is 257 Å². The van der Waals surface area contributed by atoms with Crippen molar-refractivity contribution < 1.29 is 23.9 Å². The lowest BCUT2D eigenvalue weighted by atomic mass is 10.1. The molecule has 3 amide bonds. The third-order valence-corrected chi connectivity index (χ3v) is 8.22. The highest BCUT2D eigenvalue weighted by Crippen LogP contribution is 2.40. The number of benzene rings is 4. The van der Waals surface area contributed by atoms with E-state index in [0.29, 0.717) is 40.4 Å². The van der Waals surface area contributed by atoms with Gasteiger partial charge in [-0.15, -0.1) is 0 Å². The Morgan fingerprint density at radius 3 is 2.60 bits per heavy atom. The Kier molecular flexibility index (Phi) is 8.99. The summed E-state index contributed by atoms with van der Waals surface area (Å²) < 4.78 is 12.8. The van der Waals surface area contributed by atoms with Gasteiger partial charge in [0.1, 0.15) is 13.2 Å². The maximum atomic E-state index is 13.1. The smallest absolute Gasteiger partial charge is 0.294 e. The normalized spacial score (nSPS) is 14.1. The van der Waals surface area contributed by atoms with E-state index in [4.69, 9.17) is 9.47 Å². The fourth-order valence-corrected chi connectivity index (χ4v) is 6.05. The number of carbonyl (C=O) groups is 3. The average molecular weight is 646 g/mol. The summed E-state index contributed by atoms with van der Waals surface area (Å²) in [6.45, 7) is 6.06. The largest absolute Gasteiger partial charge is 0.490 e. The fraction of sp³-hybridized carbons (Fsp3) is 0.182. The Morgan fingerprint density at radius 2 is 1.79 bits per heavy atom. The summed E-state index contributed by atoms with van der Waals surface area (Å²) >= 11 is 4.40. The van der Waals surface area contributed by atoms with Crippen LogP contribution in [0.25, 0.3) is 16.8 Å². The van der Waals surface area contributed by atoms with Crippen LogP contribution < -0.4 is 14.8 Å². The Morgan fingerprint density at radius 1 is 1.00 bits per heavy atom. The van der Waals surface area contributed by atoms with Gasteiger partial charge in [-0.3, -0.25) is 19.3 Å². The van der Waals surface area contributed by atoms with Crippen LogP contribution >= 0.6 is 27.7 Å². The van der Waals surface area contributed by atoms with Gasteiger partial charge in [-0.25, -0.2) is 0 Å². The zero-order valence-corrected chi connectivity index (χ0v) is 25.8. The summed E-state index contributed by atoms with van der Waals surface area (Å²) in [5, 5.41) is 4.55. The Bertz CT molecular complexity index is 1730. The Balaban J connectivity index is 1.33. The van der Waals surface area contributed by atoms with Gasteiger partial charge in [0.05, 0.1) is 16.0 Å². The van der Waals surface area contributed by atoms with Crippen LogP contribution in [0.5, 0.6) is 11.5 Å². The van der Waals surface area contributed by atoms with E-state index in [9.17, 15) is 14.4 Å². The number of anilines is 1. The van der Waals surface area contributed by atoms with E-state index in [2.05, 4.69) is 39.4 Å². The zero-order valence-electron chi connectivity index (χ0n) is 23.4. The summed E-state index contributed by atoms with van der Waals surface area (Å²) in [4.78, 5) is 39.7. The minimum atomic E-state index is -0.522. The third kappa shape index (κ3) is 6.53. The predicted octanol–water partition coefficient (Wildman–Crippen LogP) is 7.87. The van der Waals surface area contributed by atoms with E-state index in [1.807, 2.05) is 69.3 Å². The maximum Gasteiger partial charge on any atom is 0.294 e. The number of nitrogens with zero attached hydrogens (tertiary/aromatic N) is 1. The molecule has 1 aliphatic rings. The number of rotatable bonds is 9. The number of hydrogen-bond donors (Lipinski definition) is 1. The molecule has 9 heteroatoms. The van der Waals surface area contributed by atoms with Gasteiger partial charge in [0.2, 0.25) is 5.91 Å². The van der Waals surface area contributed by atoms with E-state index in [-0.39, 0.29) is 11.4 Å². The van der Waals surface area contributed by atoms with Crippen LogP contribution in [0.15, 0.2) is 82.2 Å². The van der Waals surface area contributed by atoms with E-state index < -0.39 is 17.1 Å². The van der Waals surface area contributed by atoms with Gasteiger partial charge in [0, 0.05) is 5.69 Å². The number of aryl methyl sites for hydroxylation is 2. The van der Waals surface area contributed by atoms with Gasteiger partial charge in [-0.2, -0.15) is 0 Å². The van der Waals surface area contributed by atoms with Crippen molar-refractivity contribution in [3.63, 3.8) is 0 Å². The summed E-state index contributed by atoms with van der Waals surface area (Å²) in [7, 11) is 0. The quantitative estimate of drug-likeness (QED) is 0.187. The third-order valence-electron chi connectivity index (χ3n) is 6.72. The van der Waals surface area contributed by atoms with Crippen LogP contribution in [0.4, 0.5) is 10.5 Å². The first kappa shape index (κ1) is 29.4. The van der Waals surface area contributed by atoms with Crippen molar-refractivity contribution in [1.29, 1.82) is 0 Å². The molecule has 214 valence electrons. The molecule has 1 aliphatic heterocycles. The number of imide groups is 1. The first-order chi connectivity index (χ1) is 20.2. The van der Waals surface area contributed by atoms with Crippen molar-refractivity contribution in [1.82, 2.24) is 4.90 Å². The van der Waals surface area contributed by atoms with Crippen LogP contribution in [-0.2, 0) is 16.2 Å². The highest BCUT2D eigenvalue weighted by molar-refractivity contribution is 9.10. The molecule has 4 aromatic rings. The van der Waals surface area contributed by atoms with E-state index >= 15 is 0 Å². The summed E-state index contributed by atoms with van der Waals surface area (Å²) in [5.41, 5.74) is 4.23. The predicted molar refractivity (Wildman–Crippen MR) is 171 cm³/mol. The highest BCUT2D eigenvalue weighted by Gasteiger charge is 2.36. The highest BCUT2D eigenvalue weighted by atomic mass is 79.9. The lowest BCUT2D eigenvalue weighted by molar-refractivity contribution is -0.127. The number of nitrogens with one attached hydrogen (secondary N) is 1. The van der Waals surface area contributed by atoms with Gasteiger partial charge < -0.3 is 14.8 Å². The van der Waals surface area contributed by atoms with Crippen molar-refractivity contribution in [2.75, 3.05) is 18.5 Å². The molecule has 1 heterocycles. The SMILES string of the molecule is CCOc1cc(/C=C2/SC(=O)N(CC(=O)Nc3cc(C)ccc3C)C2=O)cc(Br)c1OCc1cccc2ccccc12. The number of fused-ring (bicyclic) bond motifs is 1. The molecule has 5 rings (SSSR count). The summed E-state index contributed by atoms with van der Waals surface area (Å²) in [6, 6.07) is 23.5. The van der Waals surface area contributed by atoms with Gasteiger partial charge in [0.25, 0.3) is 11.1 Å². The minimum absolute atomic E-state index is 0.221. The van der Waals surface area contributed by atoms with Crippen molar-refractivity contribution >= 4 is 67.3 Å². The van der Waals surface area contributed by atoms with Crippen molar-refractivity contribution in [2.45, 2.75) is 27.4 Å². The van der Waals surface area contributed by atoms with Crippen molar-refractivity contribution in [3.8, 4) is 11.5 Å². The first-order valence-electron chi connectivity index (χ1n) is 13.4. The standard InChI is InChI=1S/C33H29BrN2O5S/c1-4-40-28-16-22(15-26(34)31(28)41-19-24-10-7-9-23-8-5-6-11-25(23)24)17-29-32(38)36(33(39)42-29)18-30(37)35-27-14-20(2)12-13-21(27)3/h5-17H,4,18-19H2,1-3H3,(H,35,37)/b29-17+. The van der Waals surface area contributed by atoms with Crippen molar-refractivity contribution in [3.05, 3.63) is 104 Å². The van der Waals surface area contributed by atoms with E-state index in [1.165, 1.54) is 0 Å². The monoisotopic (exact) mass is 644 g/mol. The zero-order chi connectivity index (χ0) is 29.8. The van der Waals surface area contributed by atoms with Crippen molar-refractivity contribution in [2.24, 2.45) is 0 Å². The average Bonchev–Trinajstić information content (AvgIpc) is 3.22. The maximum absolute atomic E-state index is 13.1. The summed E-state index contributed by atoms with van der Waals surface area (Å²) in [5.74, 6) is 0.0800. The number of carbonyl (C=O) groups excluding carboxylic acids is 3. The molecule has 1 saturated heterocycles. The molecule has 0 saturated carbocycles. The van der Waals surface area contributed by atoms with Crippen LogP contribution in [0.2, 0.25) is 0 Å². The molecule has 1 N–H and O–H groups in total. The van der Waals surface area contributed by atoms with Gasteiger partial charge >= 0.3 is 0 Å². The minimum Gasteiger partial charge on any atom is -0.490 e. The Hall–Kier alpha value is -4.08. The molecule has 0 aliphatic carbocycles. The first-order valence-corrected chi connectivity index (χ1v) is 15.0. The second-order valence-electron chi connectivity index (χ2n) is 9.82.